The number of hydrogen-bond acceptors (Lipinski definition) is 3. The molecule has 1 heterocycles. The van der Waals surface area contributed by atoms with E-state index in [4.69, 9.17) is 0 Å². The fraction of sp³-hybridized carbons (Fsp3) is 0.500. The summed E-state index contributed by atoms with van der Waals surface area (Å²) in [6.07, 6.45) is 3.75. The highest BCUT2D eigenvalue weighted by Crippen LogP contribution is 2.35. The minimum absolute atomic E-state index is 0.0917. The molecule has 1 aromatic heterocycles. The fourth-order valence-electron chi connectivity index (χ4n) is 1.97. The predicted molar refractivity (Wildman–Crippen MR) is 74.7 cm³/mol. The van der Waals surface area contributed by atoms with Gasteiger partial charge in [0.2, 0.25) is 5.91 Å². The highest BCUT2D eigenvalue weighted by Gasteiger charge is 2.25. The number of carbonyl (C=O) groups excluding carboxylic acids is 2. The zero-order valence-corrected chi connectivity index (χ0v) is 12.0. The Morgan fingerprint density at radius 2 is 2.05 bits per heavy atom. The van der Waals surface area contributed by atoms with Gasteiger partial charge in [0.25, 0.3) is 5.91 Å². The number of carbonyl (C=O) groups is 2. The Kier molecular flexibility index (Phi) is 3.92. The summed E-state index contributed by atoms with van der Waals surface area (Å²) in [5.74, 6) is -0.715. The van der Waals surface area contributed by atoms with Crippen molar-refractivity contribution in [1.82, 2.24) is 14.8 Å². The maximum atomic E-state index is 12.0. The molecule has 20 heavy (non-hydrogen) atoms. The van der Waals surface area contributed by atoms with E-state index in [1.54, 1.807) is 20.3 Å². The van der Waals surface area contributed by atoms with Crippen molar-refractivity contribution < 1.29 is 9.59 Å². The van der Waals surface area contributed by atoms with Crippen molar-refractivity contribution >= 4 is 11.8 Å². The van der Waals surface area contributed by atoms with E-state index in [2.05, 4.69) is 5.32 Å². The molecule has 6 heteroatoms. The maximum Gasteiger partial charge on any atom is 0.257 e. The third-order valence-corrected chi connectivity index (χ3v) is 3.36. The molecule has 6 nitrogen and oxygen atoms in total. The minimum atomic E-state index is -0.500. The summed E-state index contributed by atoms with van der Waals surface area (Å²) in [6.45, 7) is 1.75. The first-order valence-corrected chi connectivity index (χ1v) is 6.61. The molecule has 2 amide bonds. The molecular formula is C14H19N3O3. The Balaban J connectivity index is 2.15. The Bertz CT molecular complexity index is 600. The average Bonchev–Trinajstić information content (AvgIpc) is 3.19. The highest BCUT2D eigenvalue weighted by atomic mass is 16.2. The standard InChI is InChI=1S/C14H19N3O3/c1-9-6-12(18)11(8-17(9)10-4-5-10)14(20)15-7-13(19)16(2)3/h6,8,10H,4-5,7H2,1-3H3,(H,15,20). The number of aryl methyl sites for hydroxylation is 1. The molecule has 1 aromatic rings. The number of nitrogens with zero attached hydrogens (tertiary/aromatic N) is 2. The summed E-state index contributed by atoms with van der Waals surface area (Å²) >= 11 is 0. The Morgan fingerprint density at radius 3 is 2.60 bits per heavy atom. The van der Waals surface area contributed by atoms with Crippen LogP contribution in [-0.2, 0) is 4.79 Å². The molecule has 0 aliphatic heterocycles. The quantitative estimate of drug-likeness (QED) is 0.861. The van der Waals surface area contributed by atoms with Crippen LogP contribution in [0, 0.1) is 6.92 Å². The van der Waals surface area contributed by atoms with Crippen LogP contribution >= 0.6 is 0 Å². The average molecular weight is 277 g/mol. The molecule has 0 atom stereocenters. The molecule has 0 spiro atoms. The first-order valence-electron chi connectivity index (χ1n) is 6.61. The van der Waals surface area contributed by atoms with Crippen LogP contribution in [0.2, 0.25) is 0 Å². The van der Waals surface area contributed by atoms with Crippen molar-refractivity contribution in [2.75, 3.05) is 20.6 Å². The van der Waals surface area contributed by atoms with Gasteiger partial charge < -0.3 is 14.8 Å². The summed E-state index contributed by atoms with van der Waals surface area (Å²) in [5, 5.41) is 2.48. The largest absolute Gasteiger partial charge is 0.348 e. The van der Waals surface area contributed by atoms with E-state index in [0.29, 0.717) is 6.04 Å². The molecule has 0 bridgehead atoms. The second kappa shape index (κ2) is 5.48. The van der Waals surface area contributed by atoms with Crippen molar-refractivity contribution in [3.63, 3.8) is 0 Å². The van der Waals surface area contributed by atoms with Crippen LogP contribution < -0.4 is 10.7 Å². The van der Waals surface area contributed by atoms with E-state index < -0.39 is 5.91 Å². The molecule has 1 fully saturated rings. The Hall–Kier alpha value is -2.11. The van der Waals surface area contributed by atoms with Crippen LogP contribution in [0.25, 0.3) is 0 Å². The molecule has 0 saturated heterocycles. The zero-order chi connectivity index (χ0) is 14.9. The van der Waals surface area contributed by atoms with Gasteiger partial charge in [0, 0.05) is 38.1 Å². The van der Waals surface area contributed by atoms with Crippen molar-refractivity contribution in [2.24, 2.45) is 0 Å². The predicted octanol–water partition coefficient (Wildman–Crippen LogP) is 0.310. The van der Waals surface area contributed by atoms with Crippen LogP contribution in [-0.4, -0.2) is 41.9 Å². The van der Waals surface area contributed by atoms with E-state index >= 15 is 0 Å². The van der Waals surface area contributed by atoms with E-state index in [9.17, 15) is 14.4 Å². The molecule has 108 valence electrons. The lowest BCUT2D eigenvalue weighted by Crippen LogP contribution is -2.38. The second-order valence-corrected chi connectivity index (χ2v) is 5.30. The summed E-state index contributed by atoms with van der Waals surface area (Å²) in [7, 11) is 3.22. The van der Waals surface area contributed by atoms with Gasteiger partial charge in [-0.15, -0.1) is 0 Å². The van der Waals surface area contributed by atoms with Gasteiger partial charge in [-0.1, -0.05) is 0 Å². The highest BCUT2D eigenvalue weighted by molar-refractivity contribution is 5.96. The Labute approximate surface area is 117 Å². The lowest BCUT2D eigenvalue weighted by Gasteiger charge is -2.13. The first kappa shape index (κ1) is 14.3. The van der Waals surface area contributed by atoms with Crippen molar-refractivity contribution in [2.45, 2.75) is 25.8 Å². The minimum Gasteiger partial charge on any atom is -0.348 e. The van der Waals surface area contributed by atoms with Crippen molar-refractivity contribution in [1.29, 1.82) is 0 Å². The number of rotatable bonds is 4. The van der Waals surface area contributed by atoms with Crippen LogP contribution in [0.4, 0.5) is 0 Å². The number of hydrogen-bond donors (Lipinski definition) is 1. The van der Waals surface area contributed by atoms with Gasteiger partial charge in [-0.2, -0.15) is 0 Å². The Morgan fingerprint density at radius 1 is 1.40 bits per heavy atom. The van der Waals surface area contributed by atoms with Gasteiger partial charge in [0.15, 0.2) is 5.43 Å². The van der Waals surface area contributed by atoms with Gasteiger partial charge in [0.1, 0.15) is 5.56 Å². The van der Waals surface area contributed by atoms with Crippen LogP contribution in [0.1, 0.15) is 34.9 Å². The fourth-order valence-corrected chi connectivity index (χ4v) is 1.97. The summed E-state index contributed by atoms with van der Waals surface area (Å²) in [6, 6.07) is 1.87. The molecule has 2 rings (SSSR count). The molecule has 1 N–H and O–H groups in total. The molecule has 0 radical (unpaired) electrons. The monoisotopic (exact) mass is 277 g/mol. The summed E-state index contributed by atoms with van der Waals surface area (Å²) in [5.41, 5.74) is 0.640. The van der Waals surface area contributed by atoms with Crippen LogP contribution in [0.5, 0.6) is 0 Å². The van der Waals surface area contributed by atoms with E-state index in [0.717, 1.165) is 18.5 Å². The number of amides is 2. The topological polar surface area (TPSA) is 71.4 Å². The zero-order valence-electron chi connectivity index (χ0n) is 12.0. The summed E-state index contributed by atoms with van der Waals surface area (Å²) < 4.78 is 1.96. The van der Waals surface area contributed by atoms with Crippen molar-refractivity contribution in [3.05, 3.63) is 33.7 Å². The van der Waals surface area contributed by atoms with Gasteiger partial charge in [-0.25, -0.2) is 0 Å². The van der Waals surface area contributed by atoms with Crippen LogP contribution in [0.3, 0.4) is 0 Å². The van der Waals surface area contributed by atoms with Gasteiger partial charge in [-0.05, 0) is 19.8 Å². The number of pyridine rings is 1. The van der Waals surface area contributed by atoms with Gasteiger partial charge in [-0.3, -0.25) is 14.4 Å². The van der Waals surface area contributed by atoms with Crippen LogP contribution in [0.15, 0.2) is 17.1 Å². The molecule has 1 aliphatic carbocycles. The van der Waals surface area contributed by atoms with Crippen molar-refractivity contribution in [3.8, 4) is 0 Å². The normalized spacial score (nSPS) is 13.9. The third kappa shape index (κ3) is 3.07. The third-order valence-electron chi connectivity index (χ3n) is 3.36. The second-order valence-electron chi connectivity index (χ2n) is 5.30. The lowest BCUT2D eigenvalue weighted by molar-refractivity contribution is -0.127. The molecule has 1 saturated carbocycles. The maximum absolute atomic E-state index is 12.0. The first-order chi connectivity index (χ1) is 9.40. The SMILES string of the molecule is Cc1cc(=O)c(C(=O)NCC(=O)N(C)C)cn1C1CC1. The summed E-state index contributed by atoms with van der Waals surface area (Å²) in [4.78, 5) is 36.7. The van der Waals surface area contributed by atoms with Gasteiger partial charge in [0.05, 0.1) is 6.54 Å². The molecule has 0 unspecified atom stereocenters. The molecule has 0 aromatic carbocycles. The van der Waals surface area contributed by atoms with E-state index in [1.165, 1.54) is 11.0 Å². The lowest BCUT2D eigenvalue weighted by atomic mass is 10.2. The number of aromatic nitrogens is 1. The number of likely N-dealkylation sites (N-methyl/N-ethyl adjacent to an activating group) is 1. The van der Waals surface area contributed by atoms with E-state index in [1.807, 2.05) is 11.5 Å². The smallest absolute Gasteiger partial charge is 0.257 e. The molecular weight excluding hydrogens is 258 g/mol. The molecule has 1 aliphatic rings. The van der Waals surface area contributed by atoms with Gasteiger partial charge >= 0.3 is 0 Å². The van der Waals surface area contributed by atoms with E-state index in [-0.39, 0.29) is 23.4 Å². The number of nitrogens with one attached hydrogen (secondary N) is 1.